The van der Waals surface area contributed by atoms with E-state index in [4.69, 9.17) is 10.2 Å². The monoisotopic (exact) mass is 202 g/mol. The summed E-state index contributed by atoms with van der Waals surface area (Å²) in [4.78, 5) is 4.25. The van der Waals surface area contributed by atoms with E-state index >= 15 is 0 Å². The summed E-state index contributed by atoms with van der Waals surface area (Å²) in [6.45, 7) is 0. The van der Waals surface area contributed by atoms with Gasteiger partial charge in [-0.3, -0.25) is 4.98 Å². The third-order valence-electron chi connectivity index (χ3n) is 2.41. The van der Waals surface area contributed by atoms with Gasteiger partial charge in [-0.25, -0.2) is 0 Å². The SMILES string of the molecule is NC(CCc1ccccn1)c1ccoc1. The van der Waals surface area contributed by atoms with Gasteiger partial charge in [0.05, 0.1) is 12.5 Å². The lowest BCUT2D eigenvalue weighted by atomic mass is 10.0. The highest BCUT2D eigenvalue weighted by atomic mass is 16.3. The Labute approximate surface area is 88.9 Å². The fourth-order valence-electron chi connectivity index (χ4n) is 1.50. The lowest BCUT2D eigenvalue weighted by Gasteiger charge is -2.08. The molecule has 15 heavy (non-hydrogen) atoms. The molecule has 0 aliphatic carbocycles. The van der Waals surface area contributed by atoms with Crippen LogP contribution in [0.4, 0.5) is 0 Å². The van der Waals surface area contributed by atoms with E-state index < -0.39 is 0 Å². The highest BCUT2D eigenvalue weighted by Crippen LogP contribution is 2.16. The number of pyridine rings is 1. The zero-order valence-electron chi connectivity index (χ0n) is 8.47. The number of nitrogens with two attached hydrogens (primary N) is 1. The molecule has 0 radical (unpaired) electrons. The first-order chi connectivity index (χ1) is 7.36. The molecule has 0 saturated carbocycles. The van der Waals surface area contributed by atoms with Crippen LogP contribution < -0.4 is 5.73 Å². The zero-order chi connectivity index (χ0) is 10.5. The van der Waals surface area contributed by atoms with Crippen molar-refractivity contribution in [1.29, 1.82) is 0 Å². The Balaban J connectivity index is 1.89. The van der Waals surface area contributed by atoms with E-state index in [1.165, 1.54) is 0 Å². The molecule has 1 unspecified atom stereocenters. The number of hydrogen-bond donors (Lipinski definition) is 1. The summed E-state index contributed by atoms with van der Waals surface area (Å²) in [5, 5.41) is 0. The third-order valence-corrected chi connectivity index (χ3v) is 2.41. The second-order valence-corrected chi connectivity index (χ2v) is 3.52. The molecule has 2 heterocycles. The van der Waals surface area contributed by atoms with Gasteiger partial charge in [0.15, 0.2) is 0 Å². The predicted molar refractivity (Wildman–Crippen MR) is 58.2 cm³/mol. The normalized spacial score (nSPS) is 12.6. The molecule has 0 amide bonds. The average molecular weight is 202 g/mol. The number of aryl methyl sites for hydroxylation is 1. The van der Waals surface area contributed by atoms with Gasteiger partial charge in [0.25, 0.3) is 0 Å². The summed E-state index contributed by atoms with van der Waals surface area (Å²) in [5.41, 5.74) is 8.13. The minimum atomic E-state index is 0.0331. The highest BCUT2D eigenvalue weighted by molar-refractivity contribution is 5.12. The summed E-state index contributed by atoms with van der Waals surface area (Å²) in [6, 6.07) is 7.86. The first-order valence-corrected chi connectivity index (χ1v) is 5.04. The number of rotatable bonds is 4. The van der Waals surface area contributed by atoms with Gasteiger partial charge < -0.3 is 10.2 Å². The molecule has 0 aliphatic rings. The minimum Gasteiger partial charge on any atom is -0.472 e. The van der Waals surface area contributed by atoms with Crippen LogP contribution in [0.25, 0.3) is 0 Å². The lowest BCUT2D eigenvalue weighted by molar-refractivity contribution is 0.554. The Morgan fingerprint density at radius 1 is 1.33 bits per heavy atom. The summed E-state index contributed by atoms with van der Waals surface area (Å²) in [5.74, 6) is 0. The molecule has 78 valence electrons. The molecule has 2 rings (SSSR count). The van der Waals surface area contributed by atoms with E-state index in [-0.39, 0.29) is 6.04 Å². The molecule has 2 N–H and O–H groups in total. The van der Waals surface area contributed by atoms with E-state index in [0.29, 0.717) is 0 Å². The summed E-state index contributed by atoms with van der Waals surface area (Å²) < 4.78 is 4.99. The van der Waals surface area contributed by atoms with Crippen molar-refractivity contribution in [1.82, 2.24) is 4.98 Å². The van der Waals surface area contributed by atoms with Gasteiger partial charge in [0.1, 0.15) is 0 Å². The fraction of sp³-hybridized carbons (Fsp3) is 0.250. The van der Waals surface area contributed by atoms with Gasteiger partial charge in [0.2, 0.25) is 0 Å². The molecule has 0 spiro atoms. The van der Waals surface area contributed by atoms with E-state index in [2.05, 4.69) is 4.98 Å². The van der Waals surface area contributed by atoms with Gasteiger partial charge in [-0.1, -0.05) is 6.07 Å². The standard InChI is InChI=1S/C12H14N2O/c13-12(10-6-8-15-9-10)5-4-11-3-1-2-7-14-11/h1-3,6-9,12H,4-5,13H2. The van der Waals surface area contributed by atoms with Gasteiger partial charge in [0, 0.05) is 23.5 Å². The molecule has 0 bridgehead atoms. The Bertz CT molecular complexity index is 383. The number of aromatic nitrogens is 1. The molecular formula is C12H14N2O. The molecule has 2 aromatic rings. The smallest absolute Gasteiger partial charge is 0.0950 e. The molecule has 3 heteroatoms. The van der Waals surface area contributed by atoms with Crippen molar-refractivity contribution in [3.05, 3.63) is 54.2 Å². The predicted octanol–water partition coefficient (Wildman–Crippen LogP) is 2.31. The first-order valence-electron chi connectivity index (χ1n) is 5.04. The van der Waals surface area contributed by atoms with Gasteiger partial charge >= 0.3 is 0 Å². The van der Waals surface area contributed by atoms with Gasteiger partial charge in [-0.05, 0) is 31.0 Å². The van der Waals surface area contributed by atoms with Crippen molar-refractivity contribution in [2.45, 2.75) is 18.9 Å². The van der Waals surface area contributed by atoms with Crippen molar-refractivity contribution in [3.63, 3.8) is 0 Å². The molecule has 1 atom stereocenters. The quantitative estimate of drug-likeness (QED) is 0.827. The zero-order valence-corrected chi connectivity index (χ0v) is 8.47. The van der Waals surface area contributed by atoms with E-state index in [0.717, 1.165) is 24.1 Å². The summed E-state index contributed by atoms with van der Waals surface area (Å²) >= 11 is 0. The first kappa shape index (κ1) is 9.93. The Kier molecular flexibility index (Phi) is 3.15. The van der Waals surface area contributed by atoms with Crippen LogP contribution in [0.15, 0.2) is 47.4 Å². The number of furan rings is 1. The maximum atomic E-state index is 6.00. The van der Waals surface area contributed by atoms with Crippen LogP contribution in [0.5, 0.6) is 0 Å². The minimum absolute atomic E-state index is 0.0331. The highest BCUT2D eigenvalue weighted by Gasteiger charge is 2.07. The molecule has 2 aromatic heterocycles. The largest absolute Gasteiger partial charge is 0.472 e. The molecule has 0 aliphatic heterocycles. The molecule has 0 saturated heterocycles. The van der Waals surface area contributed by atoms with Crippen LogP contribution in [-0.2, 0) is 6.42 Å². The molecule has 0 aromatic carbocycles. The van der Waals surface area contributed by atoms with Crippen molar-refractivity contribution < 1.29 is 4.42 Å². The van der Waals surface area contributed by atoms with Gasteiger partial charge in [-0.15, -0.1) is 0 Å². The Morgan fingerprint density at radius 3 is 2.93 bits per heavy atom. The summed E-state index contributed by atoms with van der Waals surface area (Å²) in [7, 11) is 0. The van der Waals surface area contributed by atoms with E-state index in [9.17, 15) is 0 Å². The molecular weight excluding hydrogens is 188 g/mol. The van der Waals surface area contributed by atoms with Crippen LogP contribution in [0.1, 0.15) is 23.7 Å². The van der Waals surface area contributed by atoms with Crippen LogP contribution in [-0.4, -0.2) is 4.98 Å². The third kappa shape index (κ3) is 2.67. The second kappa shape index (κ2) is 4.75. The Morgan fingerprint density at radius 2 is 2.27 bits per heavy atom. The number of nitrogens with zero attached hydrogens (tertiary/aromatic N) is 1. The summed E-state index contributed by atoms with van der Waals surface area (Å²) in [6.07, 6.45) is 6.93. The molecule has 0 fully saturated rings. The van der Waals surface area contributed by atoms with Crippen LogP contribution in [0.3, 0.4) is 0 Å². The maximum absolute atomic E-state index is 6.00. The van der Waals surface area contributed by atoms with Crippen molar-refractivity contribution in [2.75, 3.05) is 0 Å². The van der Waals surface area contributed by atoms with Crippen molar-refractivity contribution >= 4 is 0 Å². The van der Waals surface area contributed by atoms with Crippen molar-refractivity contribution in [3.8, 4) is 0 Å². The van der Waals surface area contributed by atoms with E-state index in [1.807, 2.05) is 24.3 Å². The van der Waals surface area contributed by atoms with Gasteiger partial charge in [-0.2, -0.15) is 0 Å². The fourth-order valence-corrected chi connectivity index (χ4v) is 1.50. The van der Waals surface area contributed by atoms with E-state index in [1.54, 1.807) is 18.7 Å². The maximum Gasteiger partial charge on any atom is 0.0950 e. The second-order valence-electron chi connectivity index (χ2n) is 3.52. The average Bonchev–Trinajstić information content (AvgIpc) is 2.81. The number of hydrogen-bond acceptors (Lipinski definition) is 3. The topological polar surface area (TPSA) is 52.0 Å². The Hall–Kier alpha value is -1.61. The van der Waals surface area contributed by atoms with Crippen LogP contribution in [0.2, 0.25) is 0 Å². The van der Waals surface area contributed by atoms with Crippen molar-refractivity contribution in [2.24, 2.45) is 5.73 Å². The van der Waals surface area contributed by atoms with Crippen LogP contribution >= 0.6 is 0 Å². The van der Waals surface area contributed by atoms with Crippen LogP contribution in [0, 0.1) is 0 Å². The lowest BCUT2D eigenvalue weighted by Crippen LogP contribution is -2.10. The molecule has 3 nitrogen and oxygen atoms in total.